The van der Waals surface area contributed by atoms with E-state index in [4.69, 9.17) is 4.74 Å². The fourth-order valence-electron chi connectivity index (χ4n) is 3.29. The zero-order valence-corrected chi connectivity index (χ0v) is 18.8. The SMILES string of the molecule is CCOC(=O)c1[nH]c(C)c(C(=O)C(C)N(CCC(C)C)C(=O)c2cccs2)c1C. The normalized spacial score (nSPS) is 12.1. The number of carbonyl (C=O) groups is 3. The topological polar surface area (TPSA) is 79.5 Å². The van der Waals surface area contributed by atoms with Gasteiger partial charge in [0.25, 0.3) is 5.91 Å². The van der Waals surface area contributed by atoms with Gasteiger partial charge in [-0.05, 0) is 57.0 Å². The molecule has 1 unspecified atom stereocenters. The van der Waals surface area contributed by atoms with E-state index < -0.39 is 12.0 Å². The van der Waals surface area contributed by atoms with Gasteiger partial charge in [-0.3, -0.25) is 9.59 Å². The molecule has 0 saturated carbocycles. The molecule has 2 aromatic heterocycles. The van der Waals surface area contributed by atoms with E-state index in [-0.39, 0.29) is 18.3 Å². The van der Waals surface area contributed by atoms with Gasteiger partial charge in [-0.2, -0.15) is 0 Å². The first-order chi connectivity index (χ1) is 13.7. The van der Waals surface area contributed by atoms with Crippen LogP contribution in [0, 0.1) is 19.8 Å². The van der Waals surface area contributed by atoms with E-state index in [0.29, 0.717) is 39.9 Å². The molecule has 1 atom stereocenters. The van der Waals surface area contributed by atoms with Gasteiger partial charge >= 0.3 is 5.97 Å². The maximum Gasteiger partial charge on any atom is 0.355 e. The Morgan fingerprint density at radius 3 is 2.45 bits per heavy atom. The molecule has 0 fully saturated rings. The lowest BCUT2D eigenvalue weighted by Crippen LogP contribution is -2.44. The Labute approximate surface area is 176 Å². The van der Waals surface area contributed by atoms with E-state index in [9.17, 15) is 14.4 Å². The molecule has 2 heterocycles. The summed E-state index contributed by atoms with van der Waals surface area (Å²) in [6.45, 7) is 11.9. The lowest BCUT2D eigenvalue weighted by molar-refractivity contribution is 0.0518. The number of nitrogens with one attached hydrogen (secondary N) is 1. The molecule has 7 heteroatoms. The zero-order valence-electron chi connectivity index (χ0n) is 18.0. The summed E-state index contributed by atoms with van der Waals surface area (Å²) in [4.78, 5) is 43.9. The van der Waals surface area contributed by atoms with Gasteiger partial charge in [0.1, 0.15) is 5.69 Å². The van der Waals surface area contributed by atoms with Crippen molar-refractivity contribution < 1.29 is 19.1 Å². The van der Waals surface area contributed by atoms with Crippen LogP contribution in [0.2, 0.25) is 0 Å². The molecule has 0 saturated heterocycles. The van der Waals surface area contributed by atoms with Gasteiger partial charge in [0.05, 0.1) is 17.5 Å². The Hall–Kier alpha value is -2.41. The summed E-state index contributed by atoms with van der Waals surface area (Å²) < 4.78 is 5.07. The number of nitrogens with zero attached hydrogens (tertiary/aromatic N) is 1. The van der Waals surface area contributed by atoms with Crippen molar-refractivity contribution in [2.24, 2.45) is 5.92 Å². The van der Waals surface area contributed by atoms with Crippen LogP contribution in [0.1, 0.15) is 75.9 Å². The first-order valence-corrected chi connectivity index (χ1v) is 10.8. The molecule has 0 radical (unpaired) electrons. The molecule has 0 spiro atoms. The minimum Gasteiger partial charge on any atom is -0.461 e. The number of carbonyl (C=O) groups excluding carboxylic acids is 3. The number of amides is 1. The largest absolute Gasteiger partial charge is 0.461 e. The van der Waals surface area contributed by atoms with Crippen molar-refractivity contribution >= 4 is 29.0 Å². The molecule has 2 aromatic rings. The molecule has 1 N–H and O–H groups in total. The number of aryl methyl sites for hydroxylation is 1. The molecule has 0 bridgehead atoms. The highest BCUT2D eigenvalue weighted by Crippen LogP contribution is 2.24. The van der Waals surface area contributed by atoms with Gasteiger partial charge < -0.3 is 14.6 Å². The first kappa shape index (κ1) is 22.9. The second-order valence-corrected chi connectivity index (χ2v) is 8.49. The van der Waals surface area contributed by atoms with E-state index in [1.807, 2.05) is 11.4 Å². The van der Waals surface area contributed by atoms with Crippen molar-refractivity contribution in [3.05, 3.63) is 44.9 Å². The molecule has 6 nitrogen and oxygen atoms in total. The van der Waals surface area contributed by atoms with E-state index in [1.165, 1.54) is 11.3 Å². The molecule has 0 aliphatic heterocycles. The lowest BCUT2D eigenvalue weighted by Gasteiger charge is -2.29. The van der Waals surface area contributed by atoms with E-state index >= 15 is 0 Å². The number of Topliss-reactive ketones (excluding diaryl/α,β-unsaturated/α-hetero) is 1. The first-order valence-electron chi connectivity index (χ1n) is 9.93. The smallest absolute Gasteiger partial charge is 0.355 e. The highest BCUT2D eigenvalue weighted by atomic mass is 32.1. The summed E-state index contributed by atoms with van der Waals surface area (Å²) in [5.74, 6) is -0.397. The minimum atomic E-state index is -0.647. The van der Waals surface area contributed by atoms with Crippen LogP contribution in [0.3, 0.4) is 0 Å². The molecule has 0 aliphatic rings. The molecule has 158 valence electrons. The van der Waals surface area contributed by atoms with Crippen LogP contribution < -0.4 is 0 Å². The molecular weight excluding hydrogens is 388 g/mol. The zero-order chi connectivity index (χ0) is 21.7. The maximum absolute atomic E-state index is 13.4. The summed E-state index contributed by atoms with van der Waals surface area (Å²) in [5, 5.41) is 1.85. The average Bonchev–Trinajstić information content (AvgIpc) is 3.29. The van der Waals surface area contributed by atoms with Crippen molar-refractivity contribution in [1.29, 1.82) is 0 Å². The quantitative estimate of drug-likeness (QED) is 0.476. The Bertz CT molecular complexity index is 868. The molecule has 1 amide bonds. The summed E-state index contributed by atoms with van der Waals surface area (Å²) >= 11 is 1.37. The van der Waals surface area contributed by atoms with Crippen LogP contribution in [0.5, 0.6) is 0 Å². The maximum atomic E-state index is 13.4. The van der Waals surface area contributed by atoms with Crippen LogP contribution in [-0.2, 0) is 4.74 Å². The third kappa shape index (κ3) is 5.15. The highest BCUT2D eigenvalue weighted by Gasteiger charge is 2.32. The molecule has 0 aliphatic carbocycles. The minimum absolute atomic E-state index is 0.141. The molecular formula is C22H30N2O4S. The van der Waals surface area contributed by atoms with Gasteiger partial charge in [-0.15, -0.1) is 11.3 Å². The molecule has 0 aromatic carbocycles. The number of aromatic nitrogens is 1. The fraction of sp³-hybridized carbons (Fsp3) is 0.500. The number of hydrogen-bond donors (Lipinski definition) is 1. The van der Waals surface area contributed by atoms with Gasteiger partial charge in [-0.1, -0.05) is 19.9 Å². The number of H-pyrrole nitrogens is 1. The van der Waals surface area contributed by atoms with Gasteiger partial charge in [0.2, 0.25) is 0 Å². The summed E-state index contributed by atoms with van der Waals surface area (Å²) in [6.07, 6.45) is 0.800. The van der Waals surface area contributed by atoms with Gasteiger partial charge in [0, 0.05) is 17.8 Å². The number of thiophene rings is 1. The van der Waals surface area contributed by atoms with Crippen molar-refractivity contribution in [1.82, 2.24) is 9.88 Å². The Morgan fingerprint density at radius 2 is 1.90 bits per heavy atom. The van der Waals surface area contributed by atoms with Crippen molar-refractivity contribution in [2.75, 3.05) is 13.2 Å². The second kappa shape index (κ2) is 9.87. The summed E-state index contributed by atoms with van der Waals surface area (Å²) in [7, 11) is 0. The van der Waals surface area contributed by atoms with Crippen LogP contribution in [-0.4, -0.2) is 46.7 Å². The van der Waals surface area contributed by atoms with Crippen LogP contribution in [0.15, 0.2) is 17.5 Å². The molecule has 2 rings (SSSR count). The fourth-order valence-corrected chi connectivity index (χ4v) is 3.97. The van der Waals surface area contributed by atoms with Gasteiger partial charge in [0.15, 0.2) is 5.78 Å². The number of ether oxygens (including phenoxy) is 1. The third-order valence-corrected chi connectivity index (χ3v) is 5.81. The third-order valence-electron chi connectivity index (χ3n) is 4.95. The van der Waals surface area contributed by atoms with Crippen molar-refractivity contribution in [3.63, 3.8) is 0 Å². The number of rotatable bonds is 9. The van der Waals surface area contributed by atoms with Crippen molar-refractivity contribution in [2.45, 2.75) is 54.0 Å². The number of hydrogen-bond acceptors (Lipinski definition) is 5. The van der Waals surface area contributed by atoms with Crippen LogP contribution in [0.4, 0.5) is 0 Å². The summed E-state index contributed by atoms with van der Waals surface area (Å²) in [6, 6.07) is 2.96. The van der Waals surface area contributed by atoms with Gasteiger partial charge in [-0.25, -0.2) is 4.79 Å². The highest BCUT2D eigenvalue weighted by molar-refractivity contribution is 7.12. The Balaban J connectivity index is 2.35. The predicted octanol–water partition coefficient (Wildman–Crippen LogP) is 4.63. The van der Waals surface area contributed by atoms with E-state index in [2.05, 4.69) is 18.8 Å². The number of esters is 1. The van der Waals surface area contributed by atoms with Crippen LogP contribution >= 0.6 is 11.3 Å². The monoisotopic (exact) mass is 418 g/mol. The molecule has 29 heavy (non-hydrogen) atoms. The Morgan fingerprint density at radius 1 is 1.21 bits per heavy atom. The van der Waals surface area contributed by atoms with E-state index in [0.717, 1.165) is 6.42 Å². The Kier molecular flexibility index (Phi) is 7.79. The average molecular weight is 419 g/mol. The van der Waals surface area contributed by atoms with Crippen LogP contribution in [0.25, 0.3) is 0 Å². The standard InChI is InChI=1S/C22H30N2O4S/c1-7-28-22(27)19-14(4)18(15(5)23-19)20(25)16(6)24(11-10-13(2)3)21(26)17-9-8-12-29-17/h8-9,12-13,16,23H,7,10-11H2,1-6H3. The van der Waals surface area contributed by atoms with E-state index in [1.54, 1.807) is 38.7 Å². The second-order valence-electron chi connectivity index (χ2n) is 7.54. The lowest BCUT2D eigenvalue weighted by atomic mass is 9.99. The number of ketones is 1. The number of aromatic amines is 1. The predicted molar refractivity (Wildman–Crippen MR) is 115 cm³/mol. The van der Waals surface area contributed by atoms with Crippen molar-refractivity contribution in [3.8, 4) is 0 Å². The summed E-state index contributed by atoms with van der Waals surface area (Å²) in [5.41, 5.74) is 1.91.